The fourth-order valence-corrected chi connectivity index (χ4v) is 2.76. The molecule has 1 heterocycles. The highest BCUT2D eigenvalue weighted by Gasteiger charge is 2.23. The van der Waals surface area contributed by atoms with Crippen LogP contribution in [0.4, 0.5) is 11.4 Å². The zero-order valence-electron chi connectivity index (χ0n) is 13.6. The van der Waals surface area contributed by atoms with Crippen LogP contribution in [0.2, 0.25) is 0 Å². The van der Waals surface area contributed by atoms with Gasteiger partial charge in [0.2, 0.25) is 5.91 Å². The topological polar surface area (TPSA) is 62.1 Å². The summed E-state index contributed by atoms with van der Waals surface area (Å²) < 4.78 is 5.38. The molecule has 2 aromatic carbocycles. The average Bonchev–Trinajstić information content (AvgIpc) is 3.02. The molecule has 1 amide bonds. The number of anilines is 1. The number of para-hydroxylation sites is 3. The number of carbonyl (C=O) groups excluding carboxylic acids is 1. The molecule has 3 rings (SSSR count). The number of hydrogen-bond acceptors (Lipinski definition) is 4. The molecular weight excluding hydrogens is 304 g/mol. The minimum atomic E-state index is 0.0674. The third kappa shape index (κ3) is 3.25. The molecule has 2 aromatic rings. The number of aliphatic imine (C=N–C) groups is 1. The van der Waals surface area contributed by atoms with Crippen LogP contribution in [0.25, 0.3) is 0 Å². The number of hydrogen-bond donors (Lipinski definition) is 1. The van der Waals surface area contributed by atoms with Crippen molar-refractivity contribution in [3.63, 3.8) is 0 Å². The first-order valence-corrected chi connectivity index (χ1v) is 8.09. The Morgan fingerprint density at radius 3 is 2.83 bits per heavy atom. The molecule has 0 atom stereocenters. The van der Waals surface area contributed by atoms with Gasteiger partial charge in [-0.05, 0) is 37.6 Å². The van der Waals surface area contributed by atoms with E-state index in [4.69, 9.17) is 4.74 Å². The normalized spacial score (nSPS) is 14.5. The molecule has 1 saturated heterocycles. The summed E-state index contributed by atoms with van der Waals surface area (Å²) in [5, 5.41) is 10.2. The molecule has 0 bridgehead atoms. The average molecular weight is 324 g/mol. The van der Waals surface area contributed by atoms with Gasteiger partial charge in [0.25, 0.3) is 0 Å². The molecular formula is C19H20N2O3. The molecule has 5 heteroatoms. The third-order valence-corrected chi connectivity index (χ3v) is 3.92. The van der Waals surface area contributed by atoms with E-state index in [1.165, 1.54) is 0 Å². The van der Waals surface area contributed by atoms with Crippen molar-refractivity contribution < 1.29 is 14.6 Å². The Hall–Kier alpha value is -2.82. The van der Waals surface area contributed by atoms with Gasteiger partial charge in [-0.2, -0.15) is 0 Å². The molecule has 1 fully saturated rings. The summed E-state index contributed by atoms with van der Waals surface area (Å²) in [4.78, 5) is 18.2. The summed E-state index contributed by atoms with van der Waals surface area (Å²) in [7, 11) is 0. The lowest BCUT2D eigenvalue weighted by Crippen LogP contribution is -2.23. The van der Waals surface area contributed by atoms with Crippen LogP contribution in [0.3, 0.4) is 0 Å². The lowest BCUT2D eigenvalue weighted by atomic mass is 10.2. The minimum Gasteiger partial charge on any atom is -0.504 e. The first kappa shape index (κ1) is 16.1. The molecule has 1 aliphatic rings. The fourth-order valence-electron chi connectivity index (χ4n) is 2.76. The summed E-state index contributed by atoms with van der Waals surface area (Å²) in [6.45, 7) is 3.06. The molecule has 0 saturated carbocycles. The zero-order chi connectivity index (χ0) is 16.9. The van der Waals surface area contributed by atoms with E-state index in [9.17, 15) is 9.90 Å². The van der Waals surface area contributed by atoms with E-state index in [2.05, 4.69) is 4.99 Å². The number of carbonyl (C=O) groups is 1. The van der Waals surface area contributed by atoms with E-state index < -0.39 is 0 Å². The molecule has 0 spiro atoms. The van der Waals surface area contributed by atoms with Crippen LogP contribution < -0.4 is 9.64 Å². The molecule has 5 nitrogen and oxygen atoms in total. The highest BCUT2D eigenvalue weighted by molar-refractivity contribution is 5.99. The van der Waals surface area contributed by atoms with Gasteiger partial charge in [0.05, 0.1) is 18.0 Å². The minimum absolute atomic E-state index is 0.0674. The molecule has 0 aliphatic carbocycles. The fraction of sp³-hybridized carbons (Fsp3) is 0.263. The van der Waals surface area contributed by atoms with E-state index in [-0.39, 0.29) is 11.7 Å². The monoisotopic (exact) mass is 324 g/mol. The predicted molar refractivity (Wildman–Crippen MR) is 94.6 cm³/mol. The second-order valence-electron chi connectivity index (χ2n) is 5.52. The Balaban J connectivity index is 1.91. The molecule has 124 valence electrons. The van der Waals surface area contributed by atoms with E-state index in [0.29, 0.717) is 30.0 Å². The molecule has 24 heavy (non-hydrogen) atoms. The molecule has 0 unspecified atom stereocenters. The van der Waals surface area contributed by atoms with Crippen LogP contribution in [0.1, 0.15) is 25.3 Å². The Kier molecular flexibility index (Phi) is 4.79. The first-order valence-electron chi connectivity index (χ1n) is 8.09. The molecule has 1 N–H and O–H groups in total. The van der Waals surface area contributed by atoms with Crippen molar-refractivity contribution in [2.24, 2.45) is 4.99 Å². The smallest absolute Gasteiger partial charge is 0.227 e. The van der Waals surface area contributed by atoms with Crippen molar-refractivity contribution >= 4 is 23.5 Å². The van der Waals surface area contributed by atoms with Crippen LogP contribution in [0, 0.1) is 0 Å². The zero-order valence-corrected chi connectivity index (χ0v) is 13.6. The van der Waals surface area contributed by atoms with E-state index in [1.54, 1.807) is 23.2 Å². The maximum Gasteiger partial charge on any atom is 0.227 e. The summed E-state index contributed by atoms with van der Waals surface area (Å²) >= 11 is 0. The molecule has 0 radical (unpaired) electrons. The number of ether oxygens (including phenoxy) is 1. The van der Waals surface area contributed by atoms with Crippen molar-refractivity contribution in [1.82, 2.24) is 0 Å². The van der Waals surface area contributed by atoms with Crippen molar-refractivity contribution in [3.8, 4) is 11.5 Å². The van der Waals surface area contributed by atoms with Crippen LogP contribution in [0.5, 0.6) is 11.5 Å². The van der Waals surface area contributed by atoms with Gasteiger partial charge in [-0.3, -0.25) is 9.79 Å². The first-order chi connectivity index (χ1) is 11.7. The van der Waals surface area contributed by atoms with Gasteiger partial charge in [-0.15, -0.1) is 0 Å². The van der Waals surface area contributed by atoms with Gasteiger partial charge in [0.15, 0.2) is 11.5 Å². The molecule has 1 aliphatic heterocycles. The number of phenols is 1. The van der Waals surface area contributed by atoms with Crippen molar-refractivity contribution in [2.45, 2.75) is 19.8 Å². The van der Waals surface area contributed by atoms with Gasteiger partial charge in [-0.1, -0.05) is 18.2 Å². The van der Waals surface area contributed by atoms with Crippen molar-refractivity contribution in [3.05, 3.63) is 48.0 Å². The second-order valence-corrected chi connectivity index (χ2v) is 5.52. The number of amides is 1. The van der Waals surface area contributed by atoms with Gasteiger partial charge in [-0.25, -0.2) is 0 Å². The number of rotatable bonds is 5. The number of benzene rings is 2. The van der Waals surface area contributed by atoms with Gasteiger partial charge in [0, 0.05) is 24.7 Å². The summed E-state index contributed by atoms with van der Waals surface area (Å²) in [6.07, 6.45) is 3.04. The van der Waals surface area contributed by atoms with E-state index in [1.807, 2.05) is 37.3 Å². The SMILES string of the molecule is CCOc1cccc(C=Nc2ccccc2N2CCCC2=O)c1O. The lowest BCUT2D eigenvalue weighted by Gasteiger charge is -2.17. The summed E-state index contributed by atoms with van der Waals surface area (Å²) in [5.41, 5.74) is 2.08. The van der Waals surface area contributed by atoms with Crippen LogP contribution in [-0.2, 0) is 4.79 Å². The van der Waals surface area contributed by atoms with Gasteiger partial charge >= 0.3 is 0 Å². The standard InChI is InChI=1S/C19H20N2O3/c1-2-24-17-10-5-7-14(19(17)23)13-20-15-8-3-4-9-16(15)21-12-6-11-18(21)22/h3-5,7-10,13,23H,2,6,11-12H2,1H3. The van der Waals surface area contributed by atoms with E-state index in [0.717, 1.165) is 18.7 Å². The Labute approximate surface area is 141 Å². The Morgan fingerprint density at radius 2 is 2.08 bits per heavy atom. The summed E-state index contributed by atoms with van der Waals surface area (Å²) in [6, 6.07) is 12.8. The van der Waals surface area contributed by atoms with Crippen molar-refractivity contribution in [1.29, 1.82) is 0 Å². The Bertz CT molecular complexity index is 771. The predicted octanol–water partition coefficient (Wildman–Crippen LogP) is 3.67. The second kappa shape index (κ2) is 7.17. The molecule has 0 aromatic heterocycles. The van der Waals surface area contributed by atoms with Gasteiger partial charge < -0.3 is 14.7 Å². The summed E-state index contributed by atoms with van der Waals surface area (Å²) in [5.74, 6) is 0.626. The van der Waals surface area contributed by atoms with Crippen molar-refractivity contribution in [2.75, 3.05) is 18.1 Å². The Morgan fingerprint density at radius 1 is 1.25 bits per heavy atom. The van der Waals surface area contributed by atoms with Gasteiger partial charge in [0.1, 0.15) is 0 Å². The van der Waals surface area contributed by atoms with Crippen LogP contribution in [0.15, 0.2) is 47.5 Å². The highest BCUT2D eigenvalue weighted by Crippen LogP contribution is 2.33. The van der Waals surface area contributed by atoms with E-state index >= 15 is 0 Å². The third-order valence-electron chi connectivity index (χ3n) is 3.92. The number of nitrogens with zero attached hydrogens (tertiary/aromatic N) is 2. The lowest BCUT2D eigenvalue weighted by molar-refractivity contribution is -0.117. The maximum absolute atomic E-state index is 12.0. The highest BCUT2D eigenvalue weighted by atomic mass is 16.5. The maximum atomic E-state index is 12.0. The number of aromatic hydroxyl groups is 1. The van der Waals surface area contributed by atoms with Crippen LogP contribution in [-0.4, -0.2) is 30.4 Å². The number of phenolic OH excluding ortho intramolecular Hbond substituents is 1. The largest absolute Gasteiger partial charge is 0.504 e. The van der Waals surface area contributed by atoms with Crippen LogP contribution >= 0.6 is 0 Å². The quantitative estimate of drug-likeness (QED) is 0.854.